The maximum Gasteiger partial charge on any atom is 0.0492 e. The smallest absolute Gasteiger partial charge is 0.0492 e. The summed E-state index contributed by atoms with van der Waals surface area (Å²) >= 11 is 5.85. The molecule has 0 unspecified atom stereocenters. The first kappa shape index (κ1) is 11.9. The van der Waals surface area contributed by atoms with E-state index in [1.807, 2.05) is 17.9 Å². The minimum Gasteiger partial charge on any atom is -0.299 e. The molecular weight excluding hydrogens is 222 g/mol. The van der Waals surface area contributed by atoms with Crippen LogP contribution in [0.2, 0.25) is 0 Å². The van der Waals surface area contributed by atoms with Crippen LogP contribution in [0.1, 0.15) is 25.0 Å². The molecule has 1 aliphatic carbocycles. The third-order valence-electron chi connectivity index (χ3n) is 3.54. The van der Waals surface area contributed by atoms with Gasteiger partial charge in [-0.3, -0.25) is 9.58 Å². The van der Waals surface area contributed by atoms with E-state index in [9.17, 15) is 0 Å². The highest BCUT2D eigenvalue weighted by molar-refractivity contribution is 6.18. The Balaban J connectivity index is 1.83. The van der Waals surface area contributed by atoms with E-state index in [0.717, 1.165) is 31.4 Å². The van der Waals surface area contributed by atoms with Crippen LogP contribution in [-0.4, -0.2) is 39.7 Å². The molecule has 0 aliphatic heterocycles. The van der Waals surface area contributed by atoms with Gasteiger partial charge in [-0.05, 0) is 18.9 Å². The Morgan fingerprint density at radius 1 is 1.50 bits per heavy atom. The molecule has 0 aromatic carbocycles. The second kappa shape index (κ2) is 5.69. The van der Waals surface area contributed by atoms with Crippen LogP contribution in [0.4, 0.5) is 0 Å². The summed E-state index contributed by atoms with van der Waals surface area (Å²) in [4.78, 5) is 2.53. The van der Waals surface area contributed by atoms with Crippen LogP contribution in [0.25, 0.3) is 0 Å². The Kier molecular flexibility index (Phi) is 4.24. The van der Waals surface area contributed by atoms with Crippen molar-refractivity contribution in [3.8, 4) is 0 Å². The quantitative estimate of drug-likeness (QED) is 0.711. The van der Waals surface area contributed by atoms with Crippen molar-refractivity contribution in [1.29, 1.82) is 0 Å². The lowest BCUT2D eigenvalue weighted by Gasteiger charge is -2.37. The Bertz CT molecular complexity index is 320. The fourth-order valence-corrected chi connectivity index (χ4v) is 2.46. The highest BCUT2D eigenvalue weighted by Crippen LogP contribution is 2.24. The van der Waals surface area contributed by atoms with Gasteiger partial charge in [0.2, 0.25) is 0 Å². The predicted octanol–water partition coefficient (Wildman–Crippen LogP) is 2.06. The SMILES string of the molecule is Cn1nccc1CCN(CCCl)C1CCC1. The van der Waals surface area contributed by atoms with Crippen molar-refractivity contribution in [2.75, 3.05) is 19.0 Å². The summed E-state index contributed by atoms with van der Waals surface area (Å²) in [5.41, 5.74) is 1.30. The summed E-state index contributed by atoms with van der Waals surface area (Å²) in [5, 5.41) is 4.19. The van der Waals surface area contributed by atoms with Gasteiger partial charge in [0.25, 0.3) is 0 Å². The summed E-state index contributed by atoms with van der Waals surface area (Å²) in [7, 11) is 2.00. The third kappa shape index (κ3) is 2.77. The van der Waals surface area contributed by atoms with Gasteiger partial charge in [0, 0.05) is 50.4 Å². The van der Waals surface area contributed by atoms with Gasteiger partial charge in [-0.2, -0.15) is 5.10 Å². The van der Waals surface area contributed by atoms with Crippen LogP contribution in [-0.2, 0) is 13.5 Å². The molecule has 2 rings (SSSR count). The largest absolute Gasteiger partial charge is 0.299 e. The number of halogens is 1. The summed E-state index contributed by atoms with van der Waals surface area (Å²) in [6, 6.07) is 2.88. The van der Waals surface area contributed by atoms with E-state index in [-0.39, 0.29) is 0 Å². The van der Waals surface area contributed by atoms with Gasteiger partial charge < -0.3 is 0 Å². The first-order valence-electron chi connectivity index (χ1n) is 6.08. The molecule has 0 saturated heterocycles. The molecule has 0 spiro atoms. The van der Waals surface area contributed by atoms with Crippen LogP contribution in [0, 0.1) is 0 Å². The van der Waals surface area contributed by atoms with Crippen LogP contribution in [0.15, 0.2) is 12.3 Å². The molecule has 0 amide bonds. The summed E-state index contributed by atoms with van der Waals surface area (Å²) in [5.74, 6) is 0.738. The first-order chi connectivity index (χ1) is 7.81. The van der Waals surface area contributed by atoms with E-state index >= 15 is 0 Å². The van der Waals surface area contributed by atoms with E-state index in [1.54, 1.807) is 0 Å². The molecule has 0 atom stereocenters. The summed E-state index contributed by atoms with van der Waals surface area (Å²) < 4.78 is 1.96. The van der Waals surface area contributed by atoms with E-state index in [4.69, 9.17) is 11.6 Å². The highest BCUT2D eigenvalue weighted by Gasteiger charge is 2.24. The van der Waals surface area contributed by atoms with Crippen LogP contribution >= 0.6 is 11.6 Å². The molecule has 4 heteroatoms. The standard InChI is InChI=1S/C12H20ClN3/c1-15-11(5-8-14-15)6-9-16(10-7-13)12-3-2-4-12/h5,8,12H,2-4,6-7,9-10H2,1H3. The lowest BCUT2D eigenvalue weighted by molar-refractivity contribution is 0.136. The van der Waals surface area contributed by atoms with Crippen molar-refractivity contribution in [3.63, 3.8) is 0 Å². The van der Waals surface area contributed by atoms with Gasteiger partial charge in [-0.15, -0.1) is 11.6 Å². The van der Waals surface area contributed by atoms with Crippen LogP contribution < -0.4 is 0 Å². The van der Waals surface area contributed by atoms with Crippen molar-refractivity contribution >= 4 is 11.6 Å². The minimum atomic E-state index is 0.738. The summed E-state index contributed by atoms with van der Waals surface area (Å²) in [6.45, 7) is 2.13. The minimum absolute atomic E-state index is 0.738. The maximum atomic E-state index is 5.85. The molecule has 1 heterocycles. The first-order valence-corrected chi connectivity index (χ1v) is 6.61. The lowest BCUT2D eigenvalue weighted by Crippen LogP contribution is -2.42. The zero-order chi connectivity index (χ0) is 11.4. The van der Waals surface area contributed by atoms with Gasteiger partial charge in [0.15, 0.2) is 0 Å². The fourth-order valence-electron chi connectivity index (χ4n) is 2.24. The van der Waals surface area contributed by atoms with Gasteiger partial charge in [0.1, 0.15) is 0 Å². The number of aromatic nitrogens is 2. The van der Waals surface area contributed by atoms with Gasteiger partial charge in [-0.25, -0.2) is 0 Å². The third-order valence-corrected chi connectivity index (χ3v) is 3.71. The molecule has 1 aromatic heterocycles. The molecule has 0 N–H and O–H groups in total. The zero-order valence-corrected chi connectivity index (χ0v) is 10.7. The topological polar surface area (TPSA) is 21.1 Å². The van der Waals surface area contributed by atoms with E-state index in [2.05, 4.69) is 16.1 Å². The molecule has 1 fully saturated rings. The van der Waals surface area contributed by atoms with Crippen LogP contribution in [0.3, 0.4) is 0 Å². The fraction of sp³-hybridized carbons (Fsp3) is 0.750. The molecule has 16 heavy (non-hydrogen) atoms. The molecule has 1 aliphatic rings. The van der Waals surface area contributed by atoms with Gasteiger partial charge in [-0.1, -0.05) is 6.42 Å². The predicted molar refractivity (Wildman–Crippen MR) is 66.8 cm³/mol. The van der Waals surface area contributed by atoms with Crippen LogP contribution in [0.5, 0.6) is 0 Å². The molecule has 90 valence electrons. The Morgan fingerprint density at radius 3 is 2.81 bits per heavy atom. The Labute approximate surface area is 102 Å². The van der Waals surface area contributed by atoms with Crippen molar-refractivity contribution < 1.29 is 0 Å². The van der Waals surface area contributed by atoms with E-state index < -0.39 is 0 Å². The van der Waals surface area contributed by atoms with Crippen molar-refractivity contribution in [3.05, 3.63) is 18.0 Å². The maximum absolute atomic E-state index is 5.85. The number of nitrogens with zero attached hydrogens (tertiary/aromatic N) is 3. The molecule has 3 nitrogen and oxygen atoms in total. The van der Waals surface area contributed by atoms with Gasteiger partial charge in [0.05, 0.1) is 0 Å². The number of hydrogen-bond donors (Lipinski definition) is 0. The number of aryl methyl sites for hydroxylation is 1. The number of alkyl halides is 1. The van der Waals surface area contributed by atoms with Crippen molar-refractivity contribution in [2.45, 2.75) is 31.7 Å². The summed E-state index contributed by atoms with van der Waals surface area (Å²) in [6.07, 6.45) is 7.02. The molecular formula is C12H20ClN3. The number of rotatable bonds is 6. The normalized spacial score (nSPS) is 16.7. The monoisotopic (exact) mass is 241 g/mol. The molecule has 0 radical (unpaired) electrons. The average molecular weight is 242 g/mol. The second-order valence-electron chi connectivity index (χ2n) is 4.51. The average Bonchev–Trinajstić information content (AvgIpc) is 2.58. The second-order valence-corrected chi connectivity index (χ2v) is 4.88. The van der Waals surface area contributed by atoms with Crippen molar-refractivity contribution in [1.82, 2.24) is 14.7 Å². The Morgan fingerprint density at radius 2 is 2.31 bits per heavy atom. The molecule has 0 bridgehead atoms. The van der Waals surface area contributed by atoms with E-state index in [1.165, 1.54) is 25.0 Å². The highest BCUT2D eigenvalue weighted by atomic mass is 35.5. The van der Waals surface area contributed by atoms with Gasteiger partial charge >= 0.3 is 0 Å². The molecule has 1 saturated carbocycles. The Hall–Kier alpha value is -0.540. The number of hydrogen-bond acceptors (Lipinski definition) is 2. The van der Waals surface area contributed by atoms with E-state index in [0.29, 0.717) is 0 Å². The van der Waals surface area contributed by atoms with Crippen molar-refractivity contribution in [2.24, 2.45) is 7.05 Å². The lowest BCUT2D eigenvalue weighted by atomic mass is 9.91. The molecule has 1 aromatic rings. The zero-order valence-electron chi connectivity index (χ0n) is 9.90.